The molecule has 17 heavy (non-hydrogen) atoms. The Kier molecular flexibility index (Phi) is 3.54. The predicted molar refractivity (Wildman–Crippen MR) is 69.0 cm³/mol. The molecule has 0 radical (unpaired) electrons. The number of hydrogen-bond acceptors (Lipinski definition) is 2. The fourth-order valence-electron chi connectivity index (χ4n) is 1.80. The molecule has 0 aliphatic rings. The molecule has 84 valence electrons. The van der Waals surface area contributed by atoms with E-state index in [-0.39, 0.29) is 6.04 Å². The average molecular weight is 222 g/mol. The van der Waals surface area contributed by atoms with Gasteiger partial charge in [0.15, 0.2) is 0 Å². The third-order valence-corrected chi connectivity index (χ3v) is 2.73. The summed E-state index contributed by atoms with van der Waals surface area (Å²) in [6.45, 7) is 0. The molecule has 0 saturated carbocycles. The maximum Gasteiger partial charge on any atom is 0.0641 e. The first-order valence-electron chi connectivity index (χ1n) is 5.59. The van der Waals surface area contributed by atoms with Gasteiger partial charge in [0, 0.05) is 6.04 Å². The Morgan fingerprint density at radius 2 is 1.71 bits per heavy atom. The molecule has 2 rings (SSSR count). The minimum absolute atomic E-state index is 0.205. The van der Waals surface area contributed by atoms with Gasteiger partial charge in [0.05, 0.1) is 12.5 Å². The predicted octanol–water partition coefficient (Wildman–Crippen LogP) is 3.27. The smallest absolute Gasteiger partial charge is 0.0641 e. The minimum Gasteiger partial charge on any atom is -0.323 e. The van der Waals surface area contributed by atoms with Gasteiger partial charge in [0.2, 0.25) is 0 Å². The summed E-state index contributed by atoms with van der Waals surface area (Å²) >= 11 is 0. The largest absolute Gasteiger partial charge is 0.323 e. The third kappa shape index (κ3) is 2.72. The summed E-state index contributed by atoms with van der Waals surface area (Å²) in [4.78, 5) is 0. The second-order valence-corrected chi connectivity index (χ2v) is 3.96. The average Bonchev–Trinajstić information content (AvgIpc) is 2.40. The fourth-order valence-corrected chi connectivity index (χ4v) is 1.80. The number of hydrogen-bond donors (Lipinski definition) is 1. The molecule has 0 unspecified atom stereocenters. The molecular formula is C15H14N2. The lowest BCUT2D eigenvalue weighted by molar-refractivity contribution is 0.749. The zero-order chi connectivity index (χ0) is 12.1. The van der Waals surface area contributed by atoms with Crippen LogP contribution in [-0.4, -0.2) is 0 Å². The maximum absolute atomic E-state index is 8.65. The number of benzene rings is 2. The highest BCUT2D eigenvalue weighted by Crippen LogP contribution is 2.23. The fraction of sp³-hybridized carbons (Fsp3) is 0.133. The van der Waals surface area contributed by atoms with Gasteiger partial charge in [-0.3, -0.25) is 0 Å². The van der Waals surface area contributed by atoms with E-state index < -0.39 is 0 Å². The van der Waals surface area contributed by atoms with Gasteiger partial charge in [-0.25, -0.2) is 0 Å². The third-order valence-electron chi connectivity index (χ3n) is 2.73. The zero-order valence-corrected chi connectivity index (χ0v) is 9.51. The van der Waals surface area contributed by atoms with Crippen LogP contribution in [0.15, 0.2) is 54.6 Å². The van der Waals surface area contributed by atoms with Gasteiger partial charge in [-0.2, -0.15) is 5.26 Å². The van der Waals surface area contributed by atoms with Crippen molar-refractivity contribution in [2.24, 2.45) is 5.73 Å². The van der Waals surface area contributed by atoms with Crippen molar-refractivity contribution in [1.29, 1.82) is 5.26 Å². The highest BCUT2D eigenvalue weighted by molar-refractivity contribution is 5.64. The van der Waals surface area contributed by atoms with E-state index in [2.05, 4.69) is 30.3 Å². The van der Waals surface area contributed by atoms with Crippen LogP contribution in [0.3, 0.4) is 0 Å². The Morgan fingerprint density at radius 1 is 1.00 bits per heavy atom. The van der Waals surface area contributed by atoms with E-state index in [4.69, 9.17) is 11.0 Å². The summed E-state index contributed by atoms with van der Waals surface area (Å²) in [6, 6.07) is 20.1. The second-order valence-electron chi connectivity index (χ2n) is 3.96. The normalized spacial score (nSPS) is 11.8. The van der Waals surface area contributed by atoms with Gasteiger partial charge in [-0.15, -0.1) is 0 Å². The Morgan fingerprint density at radius 3 is 2.41 bits per heavy atom. The van der Waals surface area contributed by atoms with Crippen LogP contribution in [-0.2, 0) is 0 Å². The molecule has 1 atom stereocenters. The quantitative estimate of drug-likeness (QED) is 0.866. The molecule has 0 aliphatic carbocycles. The van der Waals surface area contributed by atoms with Crippen molar-refractivity contribution in [3.63, 3.8) is 0 Å². The summed E-state index contributed by atoms with van der Waals surface area (Å²) < 4.78 is 0. The van der Waals surface area contributed by atoms with Crippen LogP contribution in [0.1, 0.15) is 18.0 Å². The standard InChI is InChI=1S/C15H14N2/c16-10-9-15(17)14-8-4-7-13(11-14)12-5-2-1-3-6-12/h1-8,11,15H,9,17H2/t15-/m0/s1. The van der Waals surface area contributed by atoms with E-state index in [1.807, 2.05) is 30.3 Å². The molecular weight excluding hydrogens is 208 g/mol. The van der Waals surface area contributed by atoms with Crippen LogP contribution < -0.4 is 5.73 Å². The van der Waals surface area contributed by atoms with Crippen molar-refractivity contribution in [3.8, 4) is 17.2 Å². The number of rotatable bonds is 3. The van der Waals surface area contributed by atoms with E-state index in [1.165, 1.54) is 5.56 Å². The Balaban J connectivity index is 2.33. The molecule has 0 saturated heterocycles. The van der Waals surface area contributed by atoms with Crippen molar-refractivity contribution in [2.45, 2.75) is 12.5 Å². The van der Waals surface area contributed by atoms with Gasteiger partial charge in [-0.05, 0) is 22.8 Å². The number of nitriles is 1. The van der Waals surface area contributed by atoms with Crippen LogP contribution >= 0.6 is 0 Å². The lowest BCUT2D eigenvalue weighted by atomic mass is 9.99. The van der Waals surface area contributed by atoms with Crippen LogP contribution in [0.2, 0.25) is 0 Å². The highest BCUT2D eigenvalue weighted by Gasteiger charge is 2.06. The highest BCUT2D eigenvalue weighted by atomic mass is 14.6. The van der Waals surface area contributed by atoms with Crippen LogP contribution in [0, 0.1) is 11.3 Å². The number of nitrogens with two attached hydrogens (primary N) is 1. The first-order valence-corrected chi connectivity index (χ1v) is 5.59. The molecule has 2 nitrogen and oxygen atoms in total. The Hall–Kier alpha value is -2.11. The molecule has 0 spiro atoms. The van der Waals surface area contributed by atoms with Gasteiger partial charge in [0.1, 0.15) is 0 Å². The van der Waals surface area contributed by atoms with Crippen molar-refractivity contribution >= 4 is 0 Å². The summed E-state index contributed by atoms with van der Waals surface area (Å²) in [7, 11) is 0. The maximum atomic E-state index is 8.65. The van der Waals surface area contributed by atoms with Crippen LogP contribution in [0.25, 0.3) is 11.1 Å². The van der Waals surface area contributed by atoms with E-state index in [9.17, 15) is 0 Å². The van der Waals surface area contributed by atoms with E-state index >= 15 is 0 Å². The van der Waals surface area contributed by atoms with Gasteiger partial charge >= 0.3 is 0 Å². The Bertz CT molecular complexity index is 526. The van der Waals surface area contributed by atoms with Crippen LogP contribution in [0.4, 0.5) is 0 Å². The number of nitrogens with zero attached hydrogens (tertiary/aromatic N) is 1. The molecule has 2 aromatic carbocycles. The second kappa shape index (κ2) is 5.29. The van der Waals surface area contributed by atoms with E-state index in [0.717, 1.165) is 11.1 Å². The summed E-state index contributed by atoms with van der Waals surface area (Å²) in [5.41, 5.74) is 9.24. The molecule has 2 aromatic rings. The van der Waals surface area contributed by atoms with E-state index in [1.54, 1.807) is 0 Å². The summed E-state index contributed by atoms with van der Waals surface area (Å²) in [5.74, 6) is 0. The van der Waals surface area contributed by atoms with Gasteiger partial charge in [0.25, 0.3) is 0 Å². The molecule has 0 aliphatic heterocycles. The SMILES string of the molecule is N#CC[C@H](N)c1cccc(-c2ccccc2)c1. The van der Waals surface area contributed by atoms with Gasteiger partial charge < -0.3 is 5.73 Å². The molecule has 0 fully saturated rings. The summed E-state index contributed by atoms with van der Waals surface area (Å²) in [5, 5.41) is 8.65. The summed E-state index contributed by atoms with van der Waals surface area (Å²) in [6.07, 6.45) is 0.345. The van der Waals surface area contributed by atoms with Crippen molar-refractivity contribution < 1.29 is 0 Å². The van der Waals surface area contributed by atoms with Crippen molar-refractivity contribution in [1.82, 2.24) is 0 Å². The minimum atomic E-state index is -0.205. The molecule has 2 heteroatoms. The molecule has 0 bridgehead atoms. The van der Waals surface area contributed by atoms with Crippen LogP contribution in [0.5, 0.6) is 0 Å². The molecule has 0 amide bonds. The molecule has 2 N–H and O–H groups in total. The first-order chi connectivity index (χ1) is 8.31. The van der Waals surface area contributed by atoms with Crippen molar-refractivity contribution in [3.05, 3.63) is 60.2 Å². The van der Waals surface area contributed by atoms with E-state index in [0.29, 0.717) is 6.42 Å². The topological polar surface area (TPSA) is 49.8 Å². The molecule has 0 heterocycles. The Labute approximate surface area is 101 Å². The lowest BCUT2D eigenvalue weighted by Crippen LogP contribution is -2.08. The lowest BCUT2D eigenvalue weighted by Gasteiger charge is -2.10. The zero-order valence-electron chi connectivity index (χ0n) is 9.51. The molecule has 0 aromatic heterocycles. The van der Waals surface area contributed by atoms with Gasteiger partial charge in [-0.1, -0.05) is 48.5 Å². The monoisotopic (exact) mass is 222 g/mol. The first kappa shape index (κ1) is 11.4. The van der Waals surface area contributed by atoms with Crippen molar-refractivity contribution in [2.75, 3.05) is 0 Å².